The molecule has 0 bridgehead atoms. The van der Waals surface area contributed by atoms with Crippen LogP contribution in [0.5, 0.6) is 0 Å². The number of rotatable bonds is 5. The lowest BCUT2D eigenvalue weighted by atomic mass is 9.96. The molecule has 2 saturated heterocycles. The van der Waals surface area contributed by atoms with Crippen molar-refractivity contribution in [2.24, 2.45) is 0 Å². The van der Waals surface area contributed by atoms with Crippen molar-refractivity contribution in [3.8, 4) is 0 Å². The average Bonchev–Trinajstić information content (AvgIpc) is 3.24. The maximum Gasteiger partial charge on any atom is 0.410 e. The van der Waals surface area contributed by atoms with Crippen molar-refractivity contribution in [2.75, 3.05) is 63.0 Å². The first-order valence-corrected chi connectivity index (χ1v) is 15.2. The molecule has 0 atom stereocenters. The third-order valence-electron chi connectivity index (χ3n) is 8.10. The number of piperazine rings is 1. The Bertz CT molecular complexity index is 1410. The molecule has 2 heterocycles. The van der Waals surface area contributed by atoms with Crippen molar-refractivity contribution in [2.45, 2.75) is 38.8 Å². The monoisotopic (exact) mass is 605 g/mol. The van der Waals surface area contributed by atoms with Gasteiger partial charge in [0.25, 0.3) is 5.91 Å². The molecule has 2 fully saturated rings. The molecule has 3 aromatic carbocycles. The number of nitrogens with zero attached hydrogens (tertiary/aromatic N) is 4. The summed E-state index contributed by atoms with van der Waals surface area (Å²) in [5, 5.41) is 0. The standard InChI is InChI=1S/C34H41F2N5O3/c1-34(2,3)44-33(43)41-21-19-40(20-22-41)32(42)26-9-14-29(37)30(23-26)38-15-4-16-39(18-17-38)31(24-5-10-27(35)11-6-24)25-7-12-28(36)13-8-25/h5-14,23,31H,4,15-22,37H2,1-3H3. The average molecular weight is 606 g/mol. The van der Waals surface area contributed by atoms with Gasteiger partial charge in [0.2, 0.25) is 0 Å². The van der Waals surface area contributed by atoms with Crippen LogP contribution in [-0.2, 0) is 4.74 Å². The quantitative estimate of drug-likeness (QED) is 0.385. The summed E-state index contributed by atoms with van der Waals surface area (Å²) in [6.07, 6.45) is 0.471. The maximum atomic E-state index is 13.8. The van der Waals surface area contributed by atoms with E-state index < -0.39 is 5.60 Å². The molecule has 0 radical (unpaired) electrons. The normalized spacial score (nSPS) is 16.6. The Morgan fingerprint density at radius 1 is 0.750 bits per heavy atom. The minimum atomic E-state index is -0.572. The Labute approximate surface area is 258 Å². The molecule has 0 saturated carbocycles. The van der Waals surface area contributed by atoms with Crippen LogP contribution >= 0.6 is 0 Å². The van der Waals surface area contributed by atoms with Gasteiger partial charge in [0.05, 0.1) is 17.4 Å². The third kappa shape index (κ3) is 7.48. The largest absolute Gasteiger partial charge is 0.444 e. The highest BCUT2D eigenvalue weighted by Gasteiger charge is 2.30. The Balaban J connectivity index is 1.28. The number of carbonyl (C=O) groups is 2. The summed E-state index contributed by atoms with van der Waals surface area (Å²) >= 11 is 0. The van der Waals surface area contributed by atoms with Crippen molar-refractivity contribution in [1.82, 2.24) is 14.7 Å². The van der Waals surface area contributed by atoms with Crippen LogP contribution in [0.3, 0.4) is 0 Å². The molecule has 2 aliphatic rings. The fraction of sp³-hybridized carbons (Fsp3) is 0.412. The first kappa shape index (κ1) is 31.3. The number of amides is 2. The van der Waals surface area contributed by atoms with Crippen LogP contribution in [0.1, 0.15) is 54.7 Å². The van der Waals surface area contributed by atoms with Crippen LogP contribution in [0.4, 0.5) is 25.0 Å². The number of halogens is 2. The number of carbonyl (C=O) groups excluding carboxylic acids is 2. The van der Waals surface area contributed by atoms with Gasteiger partial charge in [-0.05, 0) is 80.8 Å². The number of hydrogen-bond donors (Lipinski definition) is 1. The van der Waals surface area contributed by atoms with Crippen molar-refractivity contribution < 1.29 is 23.1 Å². The Morgan fingerprint density at radius 2 is 1.32 bits per heavy atom. The third-order valence-corrected chi connectivity index (χ3v) is 8.10. The number of hydrogen-bond acceptors (Lipinski definition) is 6. The van der Waals surface area contributed by atoms with Crippen LogP contribution in [0.25, 0.3) is 0 Å². The molecule has 10 heteroatoms. The molecule has 0 aliphatic carbocycles. The first-order chi connectivity index (χ1) is 21.0. The smallest absolute Gasteiger partial charge is 0.410 e. The summed E-state index contributed by atoms with van der Waals surface area (Å²) in [6, 6.07) is 18.2. The van der Waals surface area contributed by atoms with Crippen molar-refractivity contribution in [3.05, 3.63) is 95.1 Å². The van der Waals surface area contributed by atoms with Gasteiger partial charge in [0.1, 0.15) is 17.2 Å². The predicted octanol–water partition coefficient (Wildman–Crippen LogP) is 5.54. The van der Waals surface area contributed by atoms with E-state index in [4.69, 9.17) is 10.5 Å². The van der Waals surface area contributed by atoms with E-state index >= 15 is 0 Å². The maximum absolute atomic E-state index is 13.8. The van der Waals surface area contributed by atoms with Crippen LogP contribution < -0.4 is 10.6 Å². The first-order valence-electron chi connectivity index (χ1n) is 15.2. The van der Waals surface area contributed by atoms with Crippen LogP contribution in [0, 0.1) is 11.6 Å². The van der Waals surface area contributed by atoms with Crippen molar-refractivity contribution in [3.63, 3.8) is 0 Å². The summed E-state index contributed by atoms with van der Waals surface area (Å²) in [5.74, 6) is -0.703. The highest BCUT2D eigenvalue weighted by atomic mass is 19.1. The van der Waals surface area contributed by atoms with E-state index in [2.05, 4.69) is 9.80 Å². The SMILES string of the molecule is CC(C)(C)OC(=O)N1CCN(C(=O)c2ccc(N)c(N3CCCN(C(c4ccc(F)cc4)c4ccc(F)cc4)CC3)c2)CC1. The molecule has 2 aliphatic heterocycles. The number of ether oxygens (including phenoxy) is 1. The molecule has 5 rings (SSSR count). The van der Waals surface area contributed by atoms with Gasteiger partial charge in [0.15, 0.2) is 0 Å². The second-order valence-electron chi connectivity index (χ2n) is 12.4. The number of nitrogen functional groups attached to an aromatic ring is 1. The summed E-state index contributed by atoms with van der Waals surface area (Å²) in [7, 11) is 0. The second kappa shape index (κ2) is 13.2. The number of nitrogens with two attached hydrogens (primary N) is 1. The van der Waals surface area contributed by atoms with E-state index in [1.165, 1.54) is 24.3 Å². The minimum Gasteiger partial charge on any atom is -0.444 e. The van der Waals surface area contributed by atoms with E-state index in [-0.39, 0.29) is 29.7 Å². The van der Waals surface area contributed by atoms with Crippen LogP contribution in [-0.4, -0.2) is 84.7 Å². The van der Waals surface area contributed by atoms with E-state index in [9.17, 15) is 18.4 Å². The molecule has 2 amide bonds. The molecule has 8 nitrogen and oxygen atoms in total. The summed E-state index contributed by atoms with van der Waals surface area (Å²) in [5.41, 5.74) is 9.70. The topological polar surface area (TPSA) is 82.3 Å². The molecule has 0 spiro atoms. The Hall–Kier alpha value is -4.18. The Kier molecular flexibility index (Phi) is 9.39. The van der Waals surface area contributed by atoms with Crippen LogP contribution in [0.15, 0.2) is 66.7 Å². The van der Waals surface area contributed by atoms with Gasteiger partial charge < -0.3 is 25.2 Å². The second-order valence-corrected chi connectivity index (χ2v) is 12.4. The van der Waals surface area contributed by atoms with E-state index in [1.54, 1.807) is 46.2 Å². The molecule has 234 valence electrons. The van der Waals surface area contributed by atoms with Gasteiger partial charge in [-0.2, -0.15) is 0 Å². The molecular formula is C34H41F2N5O3. The van der Waals surface area contributed by atoms with Gasteiger partial charge in [-0.3, -0.25) is 9.69 Å². The highest BCUT2D eigenvalue weighted by molar-refractivity contribution is 5.96. The van der Waals surface area contributed by atoms with Gasteiger partial charge in [-0.15, -0.1) is 0 Å². The van der Waals surface area contributed by atoms with Gasteiger partial charge in [-0.1, -0.05) is 24.3 Å². The number of benzene rings is 3. The minimum absolute atomic E-state index is 0.0979. The fourth-order valence-electron chi connectivity index (χ4n) is 5.89. The lowest BCUT2D eigenvalue weighted by Gasteiger charge is -2.35. The lowest BCUT2D eigenvalue weighted by molar-refractivity contribution is 0.0141. The molecule has 3 aromatic rings. The van der Waals surface area contributed by atoms with Gasteiger partial charge in [-0.25, -0.2) is 13.6 Å². The molecule has 44 heavy (non-hydrogen) atoms. The summed E-state index contributed by atoms with van der Waals surface area (Å²) < 4.78 is 33.0. The van der Waals surface area contributed by atoms with Crippen molar-refractivity contribution >= 4 is 23.4 Å². The van der Waals surface area contributed by atoms with E-state index in [0.717, 1.165) is 36.3 Å². The lowest BCUT2D eigenvalue weighted by Crippen LogP contribution is -2.51. The molecule has 0 aromatic heterocycles. The summed E-state index contributed by atoms with van der Waals surface area (Å²) in [4.78, 5) is 33.9. The van der Waals surface area contributed by atoms with E-state index in [1.807, 2.05) is 26.8 Å². The van der Waals surface area contributed by atoms with Crippen molar-refractivity contribution in [1.29, 1.82) is 0 Å². The van der Waals surface area contributed by atoms with Gasteiger partial charge in [0, 0.05) is 57.9 Å². The zero-order valence-electron chi connectivity index (χ0n) is 25.6. The van der Waals surface area contributed by atoms with Crippen LogP contribution in [0.2, 0.25) is 0 Å². The zero-order chi connectivity index (χ0) is 31.4. The molecule has 0 unspecified atom stereocenters. The van der Waals surface area contributed by atoms with E-state index in [0.29, 0.717) is 50.5 Å². The predicted molar refractivity (Wildman–Crippen MR) is 168 cm³/mol. The summed E-state index contributed by atoms with van der Waals surface area (Å²) in [6.45, 7) is 10.0. The number of anilines is 2. The molecular weight excluding hydrogens is 564 g/mol. The Morgan fingerprint density at radius 3 is 1.89 bits per heavy atom. The highest BCUT2D eigenvalue weighted by Crippen LogP contribution is 2.32. The zero-order valence-corrected chi connectivity index (χ0v) is 25.6. The van der Waals surface area contributed by atoms with Gasteiger partial charge >= 0.3 is 6.09 Å². The molecule has 2 N–H and O–H groups in total. The fourth-order valence-corrected chi connectivity index (χ4v) is 5.89.